The molecular formula is C2H9N2OP. The fourth-order valence-corrected chi connectivity index (χ4v) is 0. The molecule has 38 valence electrons. The minimum absolute atomic E-state index is 1.56. The van der Waals surface area contributed by atoms with Crippen LogP contribution in [0.1, 0.15) is 0 Å². The van der Waals surface area contributed by atoms with Crippen LogP contribution in [0.5, 0.6) is 0 Å². The Labute approximate surface area is 37.3 Å². The molecule has 3 nitrogen and oxygen atoms in total. The van der Waals surface area contributed by atoms with Crippen LogP contribution in [0.3, 0.4) is 0 Å². The molecule has 0 saturated carbocycles. The van der Waals surface area contributed by atoms with Gasteiger partial charge in [0.25, 0.3) is 0 Å². The number of hydrogen-bond acceptors (Lipinski definition) is 2. The molecule has 0 heterocycles. The van der Waals surface area contributed by atoms with Crippen molar-refractivity contribution >= 4 is 7.29 Å². The summed E-state index contributed by atoms with van der Waals surface area (Å²) >= 11 is 0. The van der Waals surface area contributed by atoms with Crippen LogP contribution in [-0.2, 0) is 4.57 Å². The van der Waals surface area contributed by atoms with Gasteiger partial charge in [-0.15, -0.1) is 0 Å². The van der Waals surface area contributed by atoms with E-state index in [2.05, 4.69) is 5.20 Å². The van der Waals surface area contributed by atoms with Crippen LogP contribution < -0.4 is 11.0 Å². The molecule has 0 fully saturated rings. The van der Waals surface area contributed by atoms with Crippen LogP contribution in [0.4, 0.5) is 0 Å². The molecule has 0 aromatic rings. The molecule has 0 rings (SSSR count). The van der Waals surface area contributed by atoms with Crippen LogP contribution >= 0.6 is 7.29 Å². The zero-order valence-corrected chi connectivity index (χ0v) is 4.83. The van der Waals surface area contributed by atoms with Crippen molar-refractivity contribution in [2.24, 2.45) is 5.84 Å². The average molecular weight is 108 g/mol. The number of hydrogen-bond donors (Lipinski definition) is 2. The quantitative estimate of drug-likeness (QED) is 0.282. The zero-order valence-electron chi connectivity index (χ0n) is 3.93. The molecule has 0 radical (unpaired) electrons. The van der Waals surface area contributed by atoms with Gasteiger partial charge >= 0.3 is 0 Å². The summed E-state index contributed by atoms with van der Waals surface area (Å²) in [6.45, 7) is 3.12. The minimum Gasteiger partial charge on any atom is -0.306 e. The van der Waals surface area contributed by atoms with Crippen molar-refractivity contribution < 1.29 is 4.57 Å². The third-order valence-corrected chi connectivity index (χ3v) is 0.933. The maximum Gasteiger partial charge on any atom is 0.154 e. The van der Waals surface area contributed by atoms with Gasteiger partial charge in [0.15, 0.2) is 7.29 Å². The minimum atomic E-state index is -2.12. The third-order valence-electron chi connectivity index (χ3n) is 0.311. The summed E-state index contributed by atoms with van der Waals surface area (Å²) in [5.74, 6) is 4.79. The molecule has 0 spiro atoms. The number of rotatable bonds is 1. The normalized spacial score (nSPS) is 11.8. The second kappa shape index (κ2) is 1.73. The second-order valence-electron chi connectivity index (χ2n) is 1.48. The van der Waals surface area contributed by atoms with Crippen molar-refractivity contribution in [2.75, 3.05) is 13.3 Å². The van der Waals surface area contributed by atoms with E-state index >= 15 is 0 Å². The Hall–Kier alpha value is 0.150. The first kappa shape index (κ1) is 6.15. The Bertz CT molecular complexity index is 75.6. The summed E-state index contributed by atoms with van der Waals surface area (Å²) in [4.78, 5) is 0. The summed E-state index contributed by atoms with van der Waals surface area (Å²) in [6, 6.07) is 0. The predicted octanol–water partition coefficient (Wildman–Crippen LogP) is -0.0126. The van der Waals surface area contributed by atoms with Crippen molar-refractivity contribution in [1.29, 1.82) is 0 Å². The molecule has 0 atom stereocenters. The van der Waals surface area contributed by atoms with Crippen molar-refractivity contribution in [1.82, 2.24) is 5.20 Å². The lowest BCUT2D eigenvalue weighted by Crippen LogP contribution is -2.16. The fourth-order valence-electron chi connectivity index (χ4n) is 0. The standard InChI is InChI=1S/C2H9N2OP/c1-6(2,5)4-3/h3H2,1-2H3,(H,4,5). The molecule has 4 heteroatoms. The maximum atomic E-state index is 10.3. The van der Waals surface area contributed by atoms with Gasteiger partial charge in [0.05, 0.1) is 0 Å². The Morgan fingerprint density at radius 1 is 1.67 bits per heavy atom. The average Bonchev–Trinajstić information content (AvgIpc) is 1.35. The predicted molar refractivity (Wildman–Crippen MR) is 26.8 cm³/mol. The van der Waals surface area contributed by atoms with Crippen molar-refractivity contribution in [3.8, 4) is 0 Å². The van der Waals surface area contributed by atoms with E-state index in [0.29, 0.717) is 0 Å². The summed E-state index contributed by atoms with van der Waals surface area (Å²) in [5.41, 5.74) is 0. The lowest BCUT2D eigenvalue weighted by atomic mass is 11.9. The van der Waals surface area contributed by atoms with E-state index in [1.54, 1.807) is 13.3 Å². The molecule has 0 aliphatic rings. The molecule has 0 aliphatic carbocycles. The number of nitrogens with one attached hydrogen (secondary N) is 1. The van der Waals surface area contributed by atoms with Gasteiger partial charge in [0.2, 0.25) is 0 Å². The molecule has 0 unspecified atom stereocenters. The monoisotopic (exact) mass is 108 g/mol. The Kier molecular flexibility index (Phi) is 1.78. The van der Waals surface area contributed by atoms with Gasteiger partial charge in [-0.25, -0.2) is 5.20 Å². The van der Waals surface area contributed by atoms with E-state index in [-0.39, 0.29) is 0 Å². The molecule has 0 amide bonds. The largest absolute Gasteiger partial charge is 0.306 e. The summed E-state index contributed by atoms with van der Waals surface area (Å²) in [6.07, 6.45) is 0. The van der Waals surface area contributed by atoms with Crippen LogP contribution in [0.15, 0.2) is 0 Å². The van der Waals surface area contributed by atoms with Crippen LogP contribution in [-0.4, -0.2) is 13.3 Å². The third kappa shape index (κ3) is 4.15. The number of hydrazine groups is 1. The molecule has 0 aromatic carbocycles. The smallest absolute Gasteiger partial charge is 0.154 e. The molecule has 3 N–H and O–H groups in total. The highest BCUT2D eigenvalue weighted by Gasteiger charge is 1.97. The topological polar surface area (TPSA) is 55.1 Å². The Morgan fingerprint density at radius 2 is 1.83 bits per heavy atom. The van der Waals surface area contributed by atoms with Crippen LogP contribution in [0.25, 0.3) is 0 Å². The Morgan fingerprint density at radius 3 is 1.83 bits per heavy atom. The van der Waals surface area contributed by atoms with Gasteiger partial charge in [-0.05, 0) is 0 Å². The summed E-state index contributed by atoms with van der Waals surface area (Å²) in [5, 5.41) is 2.16. The van der Waals surface area contributed by atoms with Gasteiger partial charge in [0.1, 0.15) is 0 Å². The first-order valence-corrected chi connectivity index (χ1v) is 4.19. The highest BCUT2D eigenvalue weighted by molar-refractivity contribution is 7.60. The second-order valence-corrected chi connectivity index (χ2v) is 4.44. The van der Waals surface area contributed by atoms with E-state index in [4.69, 9.17) is 5.84 Å². The first-order valence-electron chi connectivity index (χ1n) is 1.59. The lowest BCUT2D eigenvalue weighted by Gasteiger charge is -1.98. The van der Waals surface area contributed by atoms with Crippen molar-refractivity contribution in [3.05, 3.63) is 0 Å². The van der Waals surface area contributed by atoms with E-state index in [1.165, 1.54) is 0 Å². The summed E-state index contributed by atoms with van der Waals surface area (Å²) < 4.78 is 10.3. The van der Waals surface area contributed by atoms with E-state index < -0.39 is 7.29 Å². The highest BCUT2D eigenvalue weighted by atomic mass is 31.2. The van der Waals surface area contributed by atoms with E-state index in [0.717, 1.165) is 0 Å². The van der Waals surface area contributed by atoms with Gasteiger partial charge < -0.3 is 4.57 Å². The molecule has 6 heavy (non-hydrogen) atoms. The first-order chi connectivity index (χ1) is 2.56. The Balaban J connectivity index is 3.48. The van der Waals surface area contributed by atoms with E-state index in [9.17, 15) is 4.57 Å². The van der Waals surface area contributed by atoms with Crippen LogP contribution in [0, 0.1) is 0 Å². The zero-order chi connectivity index (χ0) is 5.21. The summed E-state index contributed by atoms with van der Waals surface area (Å²) in [7, 11) is -2.12. The van der Waals surface area contributed by atoms with Crippen molar-refractivity contribution in [3.63, 3.8) is 0 Å². The van der Waals surface area contributed by atoms with Gasteiger partial charge in [-0.3, -0.25) is 5.84 Å². The van der Waals surface area contributed by atoms with E-state index in [1.807, 2.05) is 0 Å². The van der Waals surface area contributed by atoms with Gasteiger partial charge in [-0.2, -0.15) is 0 Å². The van der Waals surface area contributed by atoms with Gasteiger partial charge in [0, 0.05) is 13.3 Å². The number of nitrogens with two attached hydrogens (primary N) is 1. The fraction of sp³-hybridized carbons (Fsp3) is 1.00. The SMILES string of the molecule is CP(C)(=O)NN. The molecule has 0 bridgehead atoms. The molecule has 0 aliphatic heterocycles. The molecule has 0 aromatic heterocycles. The highest BCUT2D eigenvalue weighted by Crippen LogP contribution is 2.26. The molecule has 0 saturated heterocycles. The lowest BCUT2D eigenvalue weighted by molar-refractivity contribution is 0.574. The van der Waals surface area contributed by atoms with Crippen LogP contribution in [0.2, 0.25) is 0 Å². The maximum absolute atomic E-state index is 10.3. The molecular weight excluding hydrogens is 99.0 g/mol. The van der Waals surface area contributed by atoms with Gasteiger partial charge in [-0.1, -0.05) is 0 Å². The van der Waals surface area contributed by atoms with Crippen molar-refractivity contribution in [2.45, 2.75) is 0 Å².